The first-order valence-corrected chi connectivity index (χ1v) is 24.9. The Balaban J connectivity index is 3.71. The van der Waals surface area contributed by atoms with E-state index < -0.39 is 12.1 Å². The van der Waals surface area contributed by atoms with Gasteiger partial charge in [0.05, 0.1) is 18.8 Å². The van der Waals surface area contributed by atoms with Crippen molar-refractivity contribution < 1.29 is 15.0 Å². The first-order valence-electron chi connectivity index (χ1n) is 24.9. The van der Waals surface area contributed by atoms with Gasteiger partial charge in [-0.2, -0.15) is 0 Å². The van der Waals surface area contributed by atoms with Gasteiger partial charge in [-0.15, -0.1) is 0 Å². The largest absolute Gasteiger partial charge is 0.394 e. The van der Waals surface area contributed by atoms with Crippen molar-refractivity contribution in [3.63, 3.8) is 0 Å². The van der Waals surface area contributed by atoms with E-state index in [0.29, 0.717) is 12.8 Å². The molecule has 0 saturated heterocycles. The molecule has 0 aromatic carbocycles. The van der Waals surface area contributed by atoms with E-state index in [2.05, 4.69) is 153 Å². The predicted octanol–water partition coefficient (Wildman–Crippen LogP) is 16.3. The van der Waals surface area contributed by atoms with E-state index in [1.807, 2.05) is 0 Å². The lowest BCUT2D eigenvalue weighted by molar-refractivity contribution is -0.123. The highest BCUT2D eigenvalue weighted by molar-refractivity contribution is 5.76. The van der Waals surface area contributed by atoms with Gasteiger partial charge in [-0.1, -0.05) is 231 Å². The fourth-order valence-corrected chi connectivity index (χ4v) is 6.66. The molecule has 0 aliphatic heterocycles. The maximum absolute atomic E-state index is 12.4. The average Bonchev–Trinajstić information content (AvgIpc) is 3.26. The van der Waals surface area contributed by atoms with Gasteiger partial charge in [0.2, 0.25) is 5.91 Å². The van der Waals surface area contributed by atoms with Crippen LogP contribution in [0.1, 0.15) is 200 Å². The summed E-state index contributed by atoms with van der Waals surface area (Å²) >= 11 is 0. The molecule has 0 aliphatic rings. The zero-order chi connectivity index (χ0) is 44.2. The summed E-state index contributed by atoms with van der Waals surface area (Å²) in [6.07, 6.45) is 79.7. The molecule has 2 unspecified atom stereocenters. The molecule has 0 saturated carbocycles. The van der Waals surface area contributed by atoms with Crippen LogP contribution in [0.25, 0.3) is 0 Å². The third-order valence-electron chi connectivity index (χ3n) is 10.4. The number of rotatable bonds is 43. The van der Waals surface area contributed by atoms with Crippen molar-refractivity contribution in [2.75, 3.05) is 6.61 Å². The molecule has 2 atom stereocenters. The summed E-state index contributed by atoms with van der Waals surface area (Å²) in [4.78, 5) is 12.4. The van der Waals surface area contributed by atoms with Crippen LogP contribution in [0.15, 0.2) is 134 Å². The number of hydrogen-bond donors (Lipinski definition) is 3. The average molecular weight is 840 g/mol. The summed E-state index contributed by atoms with van der Waals surface area (Å²) < 4.78 is 0. The molecule has 0 rings (SSSR count). The lowest BCUT2D eigenvalue weighted by atomic mass is 10.0. The van der Waals surface area contributed by atoms with Crippen LogP contribution in [-0.2, 0) is 4.79 Å². The standard InChI is InChI=1S/C57H93NO3/c1-3-5-7-9-11-13-15-17-18-19-20-21-22-23-24-25-26-27-28-29-30-31-32-33-34-35-36-37-38-39-40-41-43-45-47-49-51-53-57(61)58-55(54-59)56(60)52-50-48-46-44-42-16-14-12-10-8-6-4-2/h5,7,11,13,17-18,20-21,23-24,26-27,29-30,32-33,35-36,38-39,41,43,55-56,59-60H,3-4,6,8-10,12,14-16,19,22,25,28,31,34,37,40,42,44-54H2,1-2H3,(H,58,61)/b7-5-,13-11-,18-17-,21-20-,24-23-,27-26-,30-29-,33-32-,36-35-,39-38-,43-41-. The maximum atomic E-state index is 12.4. The topological polar surface area (TPSA) is 69.6 Å². The number of nitrogens with one attached hydrogen (secondary N) is 1. The highest BCUT2D eigenvalue weighted by Crippen LogP contribution is 2.14. The summed E-state index contributed by atoms with van der Waals surface area (Å²) in [5.74, 6) is -0.0703. The number of amides is 1. The molecule has 4 nitrogen and oxygen atoms in total. The van der Waals surface area contributed by atoms with E-state index in [1.165, 1.54) is 64.2 Å². The molecule has 0 bridgehead atoms. The molecule has 3 N–H and O–H groups in total. The van der Waals surface area contributed by atoms with Crippen molar-refractivity contribution in [1.82, 2.24) is 5.32 Å². The first-order chi connectivity index (χ1) is 30.2. The number of carbonyl (C=O) groups is 1. The molecule has 0 radical (unpaired) electrons. The SMILES string of the molecule is CC/C=C\C/C=C\C/C=C\C/C=C\C/C=C\C/C=C\C/C=C\C/C=C\C/C=C\C/C=C\C/C=C\CCCCCC(=O)NC(CO)C(O)CCCCCCCCCCCCCC. The van der Waals surface area contributed by atoms with Gasteiger partial charge >= 0.3 is 0 Å². The van der Waals surface area contributed by atoms with Gasteiger partial charge in [-0.3, -0.25) is 4.79 Å². The smallest absolute Gasteiger partial charge is 0.220 e. The second-order valence-electron chi connectivity index (χ2n) is 16.2. The van der Waals surface area contributed by atoms with Gasteiger partial charge in [0.1, 0.15) is 0 Å². The Morgan fingerprint density at radius 3 is 1.07 bits per heavy atom. The zero-order valence-corrected chi connectivity index (χ0v) is 39.4. The molecule has 0 aromatic rings. The van der Waals surface area contributed by atoms with Crippen LogP contribution < -0.4 is 5.32 Å². The highest BCUT2D eigenvalue weighted by atomic mass is 16.3. The Bertz CT molecular complexity index is 1270. The predicted molar refractivity (Wildman–Crippen MR) is 271 cm³/mol. The summed E-state index contributed by atoms with van der Waals surface area (Å²) in [7, 11) is 0. The zero-order valence-electron chi connectivity index (χ0n) is 39.4. The van der Waals surface area contributed by atoms with Crippen molar-refractivity contribution >= 4 is 5.91 Å². The monoisotopic (exact) mass is 840 g/mol. The van der Waals surface area contributed by atoms with Gasteiger partial charge in [0, 0.05) is 6.42 Å². The second kappa shape index (κ2) is 50.9. The molecule has 4 heteroatoms. The van der Waals surface area contributed by atoms with E-state index in [1.54, 1.807) is 0 Å². The van der Waals surface area contributed by atoms with Crippen LogP contribution in [-0.4, -0.2) is 34.9 Å². The first kappa shape index (κ1) is 57.5. The van der Waals surface area contributed by atoms with Crippen LogP contribution in [0.5, 0.6) is 0 Å². The molecule has 0 aromatic heterocycles. The summed E-state index contributed by atoms with van der Waals surface area (Å²) in [5.41, 5.74) is 0. The van der Waals surface area contributed by atoms with Crippen LogP contribution >= 0.6 is 0 Å². The van der Waals surface area contributed by atoms with Crippen molar-refractivity contribution in [3.05, 3.63) is 134 Å². The van der Waals surface area contributed by atoms with Gasteiger partial charge in [-0.25, -0.2) is 0 Å². The van der Waals surface area contributed by atoms with Gasteiger partial charge < -0.3 is 15.5 Å². The van der Waals surface area contributed by atoms with E-state index in [-0.39, 0.29) is 12.5 Å². The van der Waals surface area contributed by atoms with Crippen LogP contribution in [0.4, 0.5) is 0 Å². The van der Waals surface area contributed by atoms with Crippen LogP contribution in [0.3, 0.4) is 0 Å². The summed E-state index contributed by atoms with van der Waals surface area (Å²) in [6.45, 7) is 4.21. The summed E-state index contributed by atoms with van der Waals surface area (Å²) in [6, 6.07) is -0.563. The molecule has 0 aliphatic carbocycles. The van der Waals surface area contributed by atoms with E-state index in [4.69, 9.17) is 0 Å². The van der Waals surface area contributed by atoms with Gasteiger partial charge in [0.15, 0.2) is 0 Å². The fourth-order valence-electron chi connectivity index (χ4n) is 6.66. The minimum atomic E-state index is -0.682. The third kappa shape index (κ3) is 47.4. The lowest BCUT2D eigenvalue weighted by Crippen LogP contribution is -2.45. The second-order valence-corrected chi connectivity index (χ2v) is 16.2. The Morgan fingerprint density at radius 1 is 0.410 bits per heavy atom. The number of allylic oxidation sites excluding steroid dienone is 22. The third-order valence-corrected chi connectivity index (χ3v) is 10.4. The highest BCUT2D eigenvalue weighted by Gasteiger charge is 2.19. The van der Waals surface area contributed by atoms with E-state index in [0.717, 1.165) is 109 Å². The van der Waals surface area contributed by atoms with Crippen molar-refractivity contribution in [2.24, 2.45) is 0 Å². The molecule has 0 spiro atoms. The Morgan fingerprint density at radius 2 is 0.721 bits per heavy atom. The Labute approximate surface area is 377 Å². The Kier molecular flexibility index (Phi) is 48.0. The quantitative estimate of drug-likeness (QED) is 0.0423. The normalized spacial score (nSPS) is 14.1. The van der Waals surface area contributed by atoms with Crippen molar-refractivity contribution in [1.29, 1.82) is 0 Å². The number of carbonyl (C=O) groups excluding carboxylic acids is 1. The van der Waals surface area contributed by atoms with Crippen LogP contribution in [0, 0.1) is 0 Å². The van der Waals surface area contributed by atoms with E-state index >= 15 is 0 Å². The number of aliphatic hydroxyl groups excluding tert-OH is 2. The molecule has 0 heterocycles. The summed E-state index contributed by atoms with van der Waals surface area (Å²) in [5, 5.41) is 23.1. The minimum Gasteiger partial charge on any atom is -0.394 e. The fraction of sp³-hybridized carbons (Fsp3) is 0.596. The van der Waals surface area contributed by atoms with Gasteiger partial charge in [-0.05, 0) is 96.3 Å². The van der Waals surface area contributed by atoms with Crippen molar-refractivity contribution in [3.8, 4) is 0 Å². The molecule has 1 amide bonds. The van der Waals surface area contributed by atoms with Crippen LogP contribution in [0.2, 0.25) is 0 Å². The van der Waals surface area contributed by atoms with E-state index in [9.17, 15) is 15.0 Å². The minimum absolute atomic E-state index is 0.0703. The number of unbranched alkanes of at least 4 members (excludes halogenated alkanes) is 14. The van der Waals surface area contributed by atoms with Crippen molar-refractivity contribution in [2.45, 2.75) is 212 Å². The molecule has 0 fully saturated rings. The Hall–Kier alpha value is -3.47. The molecular weight excluding hydrogens is 747 g/mol. The molecule has 344 valence electrons. The number of aliphatic hydroxyl groups is 2. The molecule has 61 heavy (non-hydrogen) atoms. The molecular formula is C57H93NO3. The number of hydrogen-bond acceptors (Lipinski definition) is 3. The lowest BCUT2D eigenvalue weighted by Gasteiger charge is -2.22. The van der Waals surface area contributed by atoms with Gasteiger partial charge in [0.25, 0.3) is 0 Å². The maximum Gasteiger partial charge on any atom is 0.220 e.